The van der Waals surface area contributed by atoms with Gasteiger partial charge in [-0.25, -0.2) is 4.98 Å². The number of hydrogen-bond donors (Lipinski definition) is 1. The number of piperazine rings is 2. The third kappa shape index (κ3) is 5.43. The normalized spacial score (nSPS) is 18.8. The first-order valence-corrected chi connectivity index (χ1v) is 11.8. The van der Waals surface area contributed by atoms with Crippen LogP contribution in [0.15, 0.2) is 40.8 Å². The van der Waals surface area contributed by atoms with Gasteiger partial charge in [0.2, 0.25) is 0 Å². The van der Waals surface area contributed by atoms with Crippen LogP contribution in [-0.4, -0.2) is 86.2 Å². The van der Waals surface area contributed by atoms with E-state index in [-0.39, 0.29) is 0 Å². The number of rotatable bonds is 6. The minimum absolute atomic E-state index is 0.693. The second-order valence-electron chi connectivity index (χ2n) is 8.05. The van der Waals surface area contributed by atoms with Crippen LogP contribution in [0.3, 0.4) is 0 Å². The van der Waals surface area contributed by atoms with E-state index in [4.69, 9.17) is 5.73 Å². The molecule has 7 nitrogen and oxygen atoms in total. The predicted molar refractivity (Wildman–Crippen MR) is 127 cm³/mol. The standard InChI is InChI=1S/C22H33N7S/c1-19-4-2-5-20(18-19)27-11-9-26(10-12-27)8-3-6-24-21(23)28-13-15-29(16-14-28)22-25-7-17-30-22/h2,4-5,7,17-18H,3,6,8-16H2,1H3,(H2,23,24). The first-order chi connectivity index (χ1) is 14.7. The van der Waals surface area contributed by atoms with E-state index >= 15 is 0 Å². The van der Waals surface area contributed by atoms with Gasteiger partial charge in [-0.2, -0.15) is 0 Å². The molecule has 0 saturated carbocycles. The smallest absolute Gasteiger partial charge is 0.191 e. The van der Waals surface area contributed by atoms with Crippen molar-refractivity contribution < 1.29 is 0 Å². The van der Waals surface area contributed by atoms with Crippen molar-refractivity contribution in [2.75, 3.05) is 75.2 Å². The first-order valence-electron chi connectivity index (χ1n) is 10.9. The summed E-state index contributed by atoms with van der Waals surface area (Å²) in [7, 11) is 0. The Labute approximate surface area is 183 Å². The molecule has 2 aliphatic heterocycles. The molecular formula is C22H33N7S. The third-order valence-electron chi connectivity index (χ3n) is 5.94. The molecule has 162 valence electrons. The number of nitrogens with zero attached hydrogens (tertiary/aromatic N) is 6. The Bertz CT molecular complexity index is 807. The monoisotopic (exact) mass is 427 g/mol. The second kappa shape index (κ2) is 10.1. The fourth-order valence-electron chi connectivity index (χ4n) is 4.14. The van der Waals surface area contributed by atoms with Gasteiger partial charge in [0.25, 0.3) is 0 Å². The highest BCUT2D eigenvalue weighted by atomic mass is 32.1. The highest BCUT2D eigenvalue weighted by Gasteiger charge is 2.20. The van der Waals surface area contributed by atoms with Crippen LogP contribution in [0.25, 0.3) is 0 Å². The molecule has 0 amide bonds. The number of guanidine groups is 1. The van der Waals surface area contributed by atoms with E-state index in [2.05, 4.69) is 60.8 Å². The summed E-state index contributed by atoms with van der Waals surface area (Å²) in [5, 5.41) is 3.13. The molecular weight excluding hydrogens is 394 g/mol. The van der Waals surface area contributed by atoms with Crippen LogP contribution in [-0.2, 0) is 0 Å². The Hall–Kier alpha value is -2.32. The zero-order valence-corrected chi connectivity index (χ0v) is 18.7. The molecule has 0 aliphatic carbocycles. The van der Waals surface area contributed by atoms with Crippen LogP contribution in [0.4, 0.5) is 10.8 Å². The summed E-state index contributed by atoms with van der Waals surface area (Å²) < 4.78 is 0. The molecule has 0 radical (unpaired) electrons. The Morgan fingerprint density at radius 1 is 1.07 bits per heavy atom. The molecule has 2 aromatic rings. The SMILES string of the molecule is Cc1cccc(N2CCN(CCCN=C(N)N3CCN(c4nccs4)CC3)CC2)c1. The van der Waals surface area contributed by atoms with E-state index in [1.807, 2.05) is 11.6 Å². The summed E-state index contributed by atoms with van der Waals surface area (Å²) in [6.45, 7) is 12.2. The van der Waals surface area contributed by atoms with Crippen molar-refractivity contribution in [3.8, 4) is 0 Å². The summed E-state index contributed by atoms with van der Waals surface area (Å²) in [4.78, 5) is 18.6. The topological polar surface area (TPSA) is 64.2 Å². The first kappa shape index (κ1) is 20.9. The summed E-state index contributed by atoms with van der Waals surface area (Å²) in [5.74, 6) is 0.693. The number of hydrogen-bond acceptors (Lipinski definition) is 6. The van der Waals surface area contributed by atoms with Crippen molar-refractivity contribution in [2.24, 2.45) is 10.7 Å². The number of aromatic nitrogens is 1. The van der Waals surface area contributed by atoms with Gasteiger partial charge in [0, 0.05) is 82.7 Å². The summed E-state index contributed by atoms with van der Waals surface area (Å²) >= 11 is 1.70. The minimum Gasteiger partial charge on any atom is -0.370 e. The molecule has 8 heteroatoms. The maximum absolute atomic E-state index is 6.25. The number of nitrogens with two attached hydrogens (primary N) is 1. The largest absolute Gasteiger partial charge is 0.370 e. The third-order valence-corrected chi connectivity index (χ3v) is 6.77. The molecule has 30 heavy (non-hydrogen) atoms. The fraction of sp³-hybridized carbons (Fsp3) is 0.545. The van der Waals surface area contributed by atoms with Gasteiger partial charge in [0.1, 0.15) is 0 Å². The number of aryl methyl sites for hydroxylation is 1. The molecule has 2 fully saturated rings. The molecule has 0 bridgehead atoms. The average molecular weight is 428 g/mol. The van der Waals surface area contributed by atoms with Crippen LogP contribution < -0.4 is 15.5 Å². The number of thiazole rings is 1. The average Bonchev–Trinajstić information content (AvgIpc) is 3.32. The Morgan fingerprint density at radius 3 is 2.53 bits per heavy atom. The molecule has 4 rings (SSSR count). The van der Waals surface area contributed by atoms with Gasteiger partial charge in [-0.05, 0) is 31.0 Å². The second-order valence-corrected chi connectivity index (χ2v) is 8.92. The predicted octanol–water partition coefficient (Wildman–Crippen LogP) is 2.10. The summed E-state index contributed by atoms with van der Waals surface area (Å²) in [6.07, 6.45) is 2.93. The van der Waals surface area contributed by atoms with Gasteiger partial charge in [-0.3, -0.25) is 9.89 Å². The van der Waals surface area contributed by atoms with E-state index in [0.29, 0.717) is 5.96 Å². The van der Waals surface area contributed by atoms with Crippen molar-refractivity contribution in [3.63, 3.8) is 0 Å². The van der Waals surface area contributed by atoms with Gasteiger partial charge < -0.3 is 20.4 Å². The van der Waals surface area contributed by atoms with E-state index in [0.717, 1.165) is 77.0 Å². The van der Waals surface area contributed by atoms with Crippen LogP contribution >= 0.6 is 11.3 Å². The molecule has 2 saturated heterocycles. The molecule has 0 spiro atoms. The van der Waals surface area contributed by atoms with E-state index in [1.165, 1.54) is 11.3 Å². The lowest BCUT2D eigenvalue weighted by atomic mass is 10.2. The van der Waals surface area contributed by atoms with Gasteiger partial charge in [-0.1, -0.05) is 12.1 Å². The van der Waals surface area contributed by atoms with Crippen molar-refractivity contribution in [2.45, 2.75) is 13.3 Å². The molecule has 1 aromatic carbocycles. The quantitative estimate of drug-likeness (QED) is 0.433. The highest BCUT2D eigenvalue weighted by Crippen LogP contribution is 2.19. The van der Waals surface area contributed by atoms with E-state index < -0.39 is 0 Å². The number of aliphatic imine (C=N–C) groups is 1. The Kier molecular flexibility index (Phi) is 7.07. The minimum atomic E-state index is 0.693. The molecule has 2 aliphatic rings. The van der Waals surface area contributed by atoms with Crippen molar-refractivity contribution in [1.82, 2.24) is 14.8 Å². The molecule has 3 heterocycles. The highest BCUT2D eigenvalue weighted by molar-refractivity contribution is 7.13. The Balaban J connectivity index is 1.14. The Morgan fingerprint density at radius 2 is 1.83 bits per heavy atom. The summed E-state index contributed by atoms with van der Waals surface area (Å²) in [6, 6.07) is 8.81. The van der Waals surface area contributed by atoms with Gasteiger partial charge in [0.15, 0.2) is 11.1 Å². The van der Waals surface area contributed by atoms with Crippen molar-refractivity contribution in [1.29, 1.82) is 0 Å². The van der Waals surface area contributed by atoms with Crippen molar-refractivity contribution in [3.05, 3.63) is 41.4 Å². The van der Waals surface area contributed by atoms with Gasteiger partial charge >= 0.3 is 0 Å². The zero-order valence-electron chi connectivity index (χ0n) is 17.9. The van der Waals surface area contributed by atoms with Crippen molar-refractivity contribution >= 4 is 28.1 Å². The molecule has 2 N–H and O–H groups in total. The van der Waals surface area contributed by atoms with E-state index in [1.54, 1.807) is 11.3 Å². The molecule has 0 unspecified atom stereocenters. The number of anilines is 2. The van der Waals surface area contributed by atoms with Crippen LogP contribution in [0.2, 0.25) is 0 Å². The molecule has 0 atom stereocenters. The van der Waals surface area contributed by atoms with E-state index in [9.17, 15) is 0 Å². The van der Waals surface area contributed by atoms with Crippen LogP contribution in [0.1, 0.15) is 12.0 Å². The van der Waals surface area contributed by atoms with Gasteiger partial charge in [-0.15, -0.1) is 11.3 Å². The van der Waals surface area contributed by atoms with Crippen LogP contribution in [0, 0.1) is 6.92 Å². The lowest BCUT2D eigenvalue weighted by Gasteiger charge is -2.36. The lowest BCUT2D eigenvalue weighted by molar-refractivity contribution is 0.256. The van der Waals surface area contributed by atoms with Crippen LogP contribution in [0.5, 0.6) is 0 Å². The zero-order chi connectivity index (χ0) is 20.8. The maximum atomic E-state index is 6.25. The fourth-order valence-corrected chi connectivity index (χ4v) is 4.84. The lowest BCUT2D eigenvalue weighted by Crippen LogP contribution is -2.51. The molecule has 1 aromatic heterocycles. The summed E-state index contributed by atoms with van der Waals surface area (Å²) in [5.41, 5.74) is 8.93. The number of benzene rings is 1. The van der Waals surface area contributed by atoms with Gasteiger partial charge in [0.05, 0.1) is 0 Å². The maximum Gasteiger partial charge on any atom is 0.191 e.